The van der Waals surface area contributed by atoms with E-state index in [-0.39, 0.29) is 11.2 Å². The molecule has 5 nitrogen and oxygen atoms in total. The molecule has 3 aromatic rings. The standard InChI is InChI=1S/C22H23N3O2S/c1-13-7-8-18(11-14(13)2)21-24-25-22(27-21)28-15(3)20(26)23-19-10-9-16-5-4-6-17(16)12-19/h7-12,15H,4-6H2,1-3H3,(H,23,26)/t15-/m0/s1. The summed E-state index contributed by atoms with van der Waals surface area (Å²) in [6.07, 6.45) is 3.42. The molecule has 0 fully saturated rings. The molecule has 1 aliphatic rings. The summed E-state index contributed by atoms with van der Waals surface area (Å²) in [6.45, 7) is 5.96. The quantitative estimate of drug-likeness (QED) is 0.621. The van der Waals surface area contributed by atoms with Crippen molar-refractivity contribution in [3.63, 3.8) is 0 Å². The first-order valence-electron chi connectivity index (χ1n) is 9.50. The van der Waals surface area contributed by atoms with Crippen LogP contribution in [0, 0.1) is 13.8 Å². The van der Waals surface area contributed by atoms with E-state index in [9.17, 15) is 4.79 Å². The Morgan fingerprint density at radius 3 is 2.71 bits per heavy atom. The number of rotatable bonds is 5. The van der Waals surface area contributed by atoms with Gasteiger partial charge in [-0.25, -0.2) is 0 Å². The molecule has 6 heteroatoms. The summed E-state index contributed by atoms with van der Waals surface area (Å²) in [6, 6.07) is 12.2. The highest BCUT2D eigenvalue weighted by atomic mass is 32.2. The molecule has 0 saturated carbocycles. The van der Waals surface area contributed by atoms with Crippen LogP contribution in [0.25, 0.3) is 11.5 Å². The molecular weight excluding hydrogens is 370 g/mol. The van der Waals surface area contributed by atoms with E-state index < -0.39 is 0 Å². The third-order valence-corrected chi connectivity index (χ3v) is 6.11. The Bertz CT molecular complexity index is 1030. The molecule has 0 bridgehead atoms. The van der Waals surface area contributed by atoms with Gasteiger partial charge in [0, 0.05) is 11.3 Å². The van der Waals surface area contributed by atoms with E-state index in [1.54, 1.807) is 0 Å². The minimum Gasteiger partial charge on any atom is -0.411 e. The van der Waals surface area contributed by atoms with Gasteiger partial charge in [-0.05, 0) is 86.6 Å². The molecule has 1 aromatic heterocycles. The fourth-order valence-electron chi connectivity index (χ4n) is 3.35. The van der Waals surface area contributed by atoms with Crippen LogP contribution in [-0.4, -0.2) is 21.4 Å². The van der Waals surface area contributed by atoms with Gasteiger partial charge < -0.3 is 9.73 Å². The van der Waals surface area contributed by atoms with Gasteiger partial charge in [0.1, 0.15) is 0 Å². The van der Waals surface area contributed by atoms with Gasteiger partial charge in [-0.3, -0.25) is 4.79 Å². The van der Waals surface area contributed by atoms with Crippen LogP contribution < -0.4 is 5.32 Å². The predicted octanol–water partition coefficient (Wildman–Crippen LogP) is 4.96. The van der Waals surface area contributed by atoms with Crippen LogP contribution in [-0.2, 0) is 17.6 Å². The van der Waals surface area contributed by atoms with E-state index in [1.807, 2.05) is 31.2 Å². The number of thioether (sulfide) groups is 1. The number of nitrogens with one attached hydrogen (secondary N) is 1. The van der Waals surface area contributed by atoms with E-state index in [4.69, 9.17) is 4.42 Å². The molecule has 1 N–H and O–H groups in total. The van der Waals surface area contributed by atoms with Crippen molar-refractivity contribution < 1.29 is 9.21 Å². The van der Waals surface area contributed by atoms with Crippen molar-refractivity contribution in [2.45, 2.75) is 50.5 Å². The maximum Gasteiger partial charge on any atom is 0.277 e. The van der Waals surface area contributed by atoms with Crippen molar-refractivity contribution in [2.24, 2.45) is 0 Å². The van der Waals surface area contributed by atoms with Crippen LogP contribution in [0.5, 0.6) is 0 Å². The molecule has 1 amide bonds. The van der Waals surface area contributed by atoms with Crippen LogP contribution >= 0.6 is 11.8 Å². The smallest absolute Gasteiger partial charge is 0.277 e. The summed E-state index contributed by atoms with van der Waals surface area (Å²) in [5.41, 5.74) is 6.86. The summed E-state index contributed by atoms with van der Waals surface area (Å²) >= 11 is 1.27. The van der Waals surface area contributed by atoms with Gasteiger partial charge in [0.2, 0.25) is 11.8 Å². The monoisotopic (exact) mass is 393 g/mol. The van der Waals surface area contributed by atoms with E-state index in [0.717, 1.165) is 24.1 Å². The lowest BCUT2D eigenvalue weighted by Crippen LogP contribution is -2.22. The Morgan fingerprint density at radius 2 is 1.89 bits per heavy atom. The van der Waals surface area contributed by atoms with Gasteiger partial charge in [0.05, 0.1) is 5.25 Å². The van der Waals surface area contributed by atoms with Crippen molar-refractivity contribution in [2.75, 3.05) is 5.32 Å². The minimum absolute atomic E-state index is 0.0751. The van der Waals surface area contributed by atoms with Gasteiger partial charge >= 0.3 is 0 Å². The first-order chi connectivity index (χ1) is 13.5. The fourth-order valence-corrected chi connectivity index (χ4v) is 4.03. The van der Waals surface area contributed by atoms with Gasteiger partial charge in [0.25, 0.3) is 5.22 Å². The normalized spacial score (nSPS) is 14.0. The Kier molecular flexibility index (Phi) is 5.22. The number of anilines is 1. The number of amides is 1. The number of nitrogens with zero attached hydrogens (tertiary/aromatic N) is 2. The molecule has 1 aliphatic carbocycles. The molecule has 144 valence electrons. The van der Waals surface area contributed by atoms with Crippen molar-refractivity contribution in [1.82, 2.24) is 10.2 Å². The van der Waals surface area contributed by atoms with Crippen LogP contribution in [0.15, 0.2) is 46.0 Å². The molecule has 28 heavy (non-hydrogen) atoms. The fraction of sp³-hybridized carbons (Fsp3) is 0.318. The van der Waals surface area contributed by atoms with E-state index >= 15 is 0 Å². The maximum atomic E-state index is 12.6. The average Bonchev–Trinajstić information content (AvgIpc) is 3.33. The number of carbonyl (C=O) groups is 1. The Morgan fingerprint density at radius 1 is 1.07 bits per heavy atom. The van der Waals surface area contributed by atoms with Crippen molar-refractivity contribution in [3.8, 4) is 11.5 Å². The molecular formula is C22H23N3O2S. The predicted molar refractivity (Wildman–Crippen MR) is 112 cm³/mol. The average molecular weight is 394 g/mol. The minimum atomic E-state index is -0.346. The molecule has 0 unspecified atom stereocenters. The van der Waals surface area contributed by atoms with Crippen molar-refractivity contribution in [3.05, 3.63) is 58.7 Å². The number of aryl methyl sites for hydroxylation is 4. The summed E-state index contributed by atoms with van der Waals surface area (Å²) in [7, 11) is 0. The van der Waals surface area contributed by atoms with E-state index in [1.165, 1.54) is 40.4 Å². The zero-order chi connectivity index (χ0) is 19.7. The van der Waals surface area contributed by atoms with Gasteiger partial charge in [-0.1, -0.05) is 23.9 Å². The van der Waals surface area contributed by atoms with Crippen LogP contribution in [0.3, 0.4) is 0 Å². The lowest BCUT2D eigenvalue weighted by molar-refractivity contribution is -0.115. The largest absolute Gasteiger partial charge is 0.411 e. The Hall–Kier alpha value is -2.60. The van der Waals surface area contributed by atoms with Crippen LogP contribution in [0.2, 0.25) is 0 Å². The second-order valence-corrected chi connectivity index (χ2v) is 8.55. The van der Waals surface area contributed by atoms with Gasteiger partial charge in [-0.15, -0.1) is 10.2 Å². The lowest BCUT2D eigenvalue weighted by atomic mass is 10.1. The maximum absolute atomic E-state index is 12.6. The first kappa shape index (κ1) is 18.7. The first-order valence-corrected chi connectivity index (χ1v) is 10.4. The molecule has 0 aliphatic heterocycles. The number of carbonyl (C=O) groups excluding carboxylic acids is 1. The summed E-state index contributed by atoms with van der Waals surface area (Å²) in [4.78, 5) is 12.6. The topological polar surface area (TPSA) is 68.0 Å². The number of hydrogen-bond donors (Lipinski definition) is 1. The summed E-state index contributed by atoms with van der Waals surface area (Å²) in [5, 5.41) is 11.3. The molecule has 1 heterocycles. The van der Waals surface area contributed by atoms with Crippen molar-refractivity contribution >= 4 is 23.4 Å². The van der Waals surface area contributed by atoms with Gasteiger partial charge in [-0.2, -0.15) is 0 Å². The molecule has 0 radical (unpaired) electrons. The Balaban J connectivity index is 1.40. The number of benzene rings is 2. The third kappa shape index (κ3) is 3.97. The van der Waals surface area contributed by atoms with E-state index in [2.05, 4.69) is 41.5 Å². The lowest BCUT2D eigenvalue weighted by Gasteiger charge is -2.11. The number of fused-ring (bicyclic) bond motifs is 1. The second kappa shape index (κ2) is 7.80. The molecule has 0 spiro atoms. The molecule has 1 atom stereocenters. The van der Waals surface area contributed by atoms with E-state index in [0.29, 0.717) is 11.1 Å². The van der Waals surface area contributed by atoms with Crippen LogP contribution in [0.1, 0.15) is 35.6 Å². The SMILES string of the molecule is Cc1ccc(-c2nnc(S[C@@H](C)C(=O)Nc3ccc4c(c3)CCC4)o2)cc1C. The van der Waals surface area contributed by atoms with Crippen LogP contribution in [0.4, 0.5) is 5.69 Å². The zero-order valence-electron chi connectivity index (χ0n) is 16.3. The Labute approximate surface area is 168 Å². The van der Waals surface area contributed by atoms with Crippen molar-refractivity contribution in [1.29, 1.82) is 0 Å². The zero-order valence-corrected chi connectivity index (χ0v) is 17.1. The highest BCUT2D eigenvalue weighted by molar-refractivity contribution is 8.00. The second-order valence-electron chi connectivity index (χ2n) is 7.26. The molecule has 4 rings (SSSR count). The molecule has 0 saturated heterocycles. The third-order valence-electron chi connectivity index (χ3n) is 5.17. The number of aromatic nitrogens is 2. The highest BCUT2D eigenvalue weighted by Gasteiger charge is 2.20. The number of hydrogen-bond acceptors (Lipinski definition) is 5. The van der Waals surface area contributed by atoms with Gasteiger partial charge in [0.15, 0.2) is 0 Å². The highest BCUT2D eigenvalue weighted by Crippen LogP contribution is 2.29. The summed E-state index contributed by atoms with van der Waals surface area (Å²) < 4.78 is 5.76. The summed E-state index contributed by atoms with van der Waals surface area (Å²) in [5.74, 6) is 0.394. The molecule has 2 aromatic carbocycles.